The van der Waals surface area contributed by atoms with E-state index in [0.29, 0.717) is 24.9 Å². The van der Waals surface area contributed by atoms with Crippen LogP contribution in [0.5, 0.6) is 0 Å². The van der Waals surface area contributed by atoms with Crippen molar-refractivity contribution >= 4 is 11.9 Å². The number of nitrogens with zero attached hydrogens (tertiary/aromatic N) is 1. The van der Waals surface area contributed by atoms with Gasteiger partial charge in [-0.2, -0.15) is 4.39 Å². The molecule has 0 aromatic carbocycles. The molecule has 1 spiro atoms. The number of hydrogen-bond donors (Lipinski definition) is 0. The predicted molar refractivity (Wildman–Crippen MR) is 61.9 cm³/mol. The first kappa shape index (κ1) is 12.5. The quantitative estimate of drug-likeness (QED) is 0.549. The van der Waals surface area contributed by atoms with Crippen molar-refractivity contribution in [2.75, 3.05) is 13.1 Å². The van der Waals surface area contributed by atoms with E-state index in [2.05, 4.69) is 13.8 Å². The normalized spacial score (nSPS) is 32.7. The van der Waals surface area contributed by atoms with Gasteiger partial charge in [-0.05, 0) is 42.9 Å². The Morgan fingerprint density at radius 1 is 1.35 bits per heavy atom. The van der Waals surface area contributed by atoms with Crippen LogP contribution < -0.4 is 0 Å². The number of carbonyl (C=O) groups excluding carboxylic acids is 2. The number of hydrogen-bond acceptors (Lipinski definition) is 2. The summed E-state index contributed by atoms with van der Waals surface area (Å²) in [6.45, 7) is 5.50. The Kier molecular flexibility index (Phi) is 3.23. The highest BCUT2D eigenvalue weighted by molar-refractivity contribution is 6.31. The highest BCUT2D eigenvalue weighted by Crippen LogP contribution is 2.55. The van der Waals surface area contributed by atoms with Gasteiger partial charge >= 0.3 is 11.9 Å². The number of likely N-dealkylation sites (tertiary alicyclic amines) is 1. The molecule has 17 heavy (non-hydrogen) atoms. The molecule has 0 aromatic rings. The number of rotatable bonds is 2. The van der Waals surface area contributed by atoms with Gasteiger partial charge < -0.3 is 4.90 Å². The van der Waals surface area contributed by atoms with Gasteiger partial charge in [-0.15, -0.1) is 0 Å². The molecule has 2 fully saturated rings. The minimum Gasteiger partial charge on any atom is -0.333 e. The molecule has 4 heteroatoms. The molecule has 1 saturated heterocycles. The smallest absolute Gasteiger partial charge is 0.333 e. The van der Waals surface area contributed by atoms with Crippen molar-refractivity contribution in [3.63, 3.8) is 0 Å². The fourth-order valence-corrected chi connectivity index (χ4v) is 3.72. The average molecular weight is 241 g/mol. The number of halogens is 1. The molecule has 1 heterocycles. The Morgan fingerprint density at radius 3 is 2.53 bits per heavy atom. The fourth-order valence-electron chi connectivity index (χ4n) is 3.72. The number of carbonyl (C=O) groups is 2. The van der Waals surface area contributed by atoms with Gasteiger partial charge in [0, 0.05) is 13.1 Å². The van der Waals surface area contributed by atoms with Crippen LogP contribution in [0.1, 0.15) is 39.5 Å². The summed E-state index contributed by atoms with van der Waals surface area (Å²) < 4.78 is 12.5. The Hall–Kier alpha value is -0.930. The molecule has 1 saturated carbocycles. The van der Waals surface area contributed by atoms with E-state index in [1.165, 1.54) is 11.3 Å². The van der Waals surface area contributed by atoms with Gasteiger partial charge in [0.2, 0.25) is 0 Å². The van der Waals surface area contributed by atoms with Crippen LogP contribution in [0.3, 0.4) is 0 Å². The third kappa shape index (κ3) is 2.09. The summed E-state index contributed by atoms with van der Waals surface area (Å²) in [5.41, 5.74) is 0.164. The van der Waals surface area contributed by atoms with Gasteiger partial charge in [0.1, 0.15) is 0 Å². The summed E-state index contributed by atoms with van der Waals surface area (Å²) in [4.78, 5) is 23.3. The summed E-state index contributed by atoms with van der Waals surface area (Å²) in [7, 11) is 0. The lowest BCUT2D eigenvalue weighted by molar-refractivity contribution is -0.156. The summed E-state index contributed by atoms with van der Waals surface area (Å²) >= 11 is 0. The van der Waals surface area contributed by atoms with E-state index >= 15 is 0 Å². The van der Waals surface area contributed by atoms with E-state index < -0.39 is 11.9 Å². The lowest BCUT2D eigenvalue weighted by Gasteiger charge is -2.56. The maximum atomic E-state index is 12.5. The first-order valence-corrected chi connectivity index (χ1v) is 6.45. The van der Waals surface area contributed by atoms with Crippen LogP contribution in [0.4, 0.5) is 4.39 Å². The van der Waals surface area contributed by atoms with Crippen molar-refractivity contribution in [3.05, 3.63) is 0 Å². The SMILES string of the molecule is CC(C)C1CCC12CCCN(C(=O)C(=O)F)C2. The zero-order valence-corrected chi connectivity index (χ0v) is 10.5. The standard InChI is InChI=1S/C13H20FNO2/c1-9(2)10-4-6-13(10)5-3-7-15(8-13)12(17)11(14)16/h9-10H,3-8H2,1-2H3. The van der Waals surface area contributed by atoms with E-state index in [0.717, 1.165) is 19.3 Å². The van der Waals surface area contributed by atoms with Crippen molar-refractivity contribution in [2.45, 2.75) is 39.5 Å². The van der Waals surface area contributed by atoms with Gasteiger partial charge in [-0.1, -0.05) is 13.8 Å². The van der Waals surface area contributed by atoms with Crippen LogP contribution in [0.15, 0.2) is 0 Å². The topological polar surface area (TPSA) is 37.4 Å². The molecule has 1 amide bonds. The zero-order chi connectivity index (χ0) is 12.6. The van der Waals surface area contributed by atoms with Gasteiger partial charge in [0.05, 0.1) is 0 Å². The molecule has 0 N–H and O–H groups in total. The van der Waals surface area contributed by atoms with Crippen LogP contribution in [-0.2, 0) is 9.59 Å². The molecule has 2 unspecified atom stereocenters. The maximum absolute atomic E-state index is 12.5. The molecular formula is C13H20FNO2. The summed E-state index contributed by atoms with van der Waals surface area (Å²) in [5.74, 6) is 0.270. The first-order chi connectivity index (χ1) is 7.96. The Balaban J connectivity index is 2.07. The van der Waals surface area contributed by atoms with Crippen LogP contribution in [0, 0.1) is 17.3 Å². The summed E-state index contributed by atoms with van der Waals surface area (Å²) in [6, 6.07) is -1.82. The summed E-state index contributed by atoms with van der Waals surface area (Å²) in [5, 5.41) is 0. The second-order valence-corrected chi connectivity index (χ2v) is 5.86. The average Bonchev–Trinajstić information content (AvgIpc) is 2.25. The molecule has 2 aliphatic rings. The fraction of sp³-hybridized carbons (Fsp3) is 0.846. The highest BCUT2D eigenvalue weighted by Gasteiger charge is 2.50. The van der Waals surface area contributed by atoms with Crippen LogP contribution >= 0.6 is 0 Å². The molecule has 2 rings (SSSR count). The van der Waals surface area contributed by atoms with E-state index in [1.807, 2.05) is 0 Å². The maximum Gasteiger partial charge on any atom is 0.389 e. The van der Waals surface area contributed by atoms with Crippen LogP contribution in [0.25, 0.3) is 0 Å². The molecule has 0 radical (unpaired) electrons. The molecule has 1 aliphatic carbocycles. The monoisotopic (exact) mass is 241 g/mol. The molecule has 2 atom stereocenters. The van der Waals surface area contributed by atoms with E-state index in [-0.39, 0.29) is 5.41 Å². The van der Waals surface area contributed by atoms with Gasteiger partial charge in [-0.3, -0.25) is 4.79 Å². The van der Waals surface area contributed by atoms with Crippen molar-refractivity contribution in [1.82, 2.24) is 4.90 Å². The lowest BCUT2D eigenvalue weighted by atomic mass is 9.53. The number of piperidine rings is 1. The Morgan fingerprint density at radius 2 is 2.06 bits per heavy atom. The van der Waals surface area contributed by atoms with Crippen molar-refractivity contribution in [3.8, 4) is 0 Å². The van der Waals surface area contributed by atoms with E-state index in [4.69, 9.17) is 0 Å². The molecule has 0 bridgehead atoms. The molecule has 96 valence electrons. The summed E-state index contributed by atoms with van der Waals surface area (Å²) in [6.07, 6.45) is 4.31. The van der Waals surface area contributed by atoms with E-state index in [1.54, 1.807) is 0 Å². The van der Waals surface area contributed by atoms with Gasteiger partial charge in [-0.25, -0.2) is 4.79 Å². The minimum absolute atomic E-state index is 0.164. The van der Waals surface area contributed by atoms with Crippen LogP contribution in [0.2, 0.25) is 0 Å². The predicted octanol–water partition coefficient (Wildman–Crippen LogP) is 2.16. The third-order valence-corrected chi connectivity index (χ3v) is 4.61. The molecular weight excluding hydrogens is 221 g/mol. The Labute approximate surface area is 101 Å². The zero-order valence-electron chi connectivity index (χ0n) is 10.5. The first-order valence-electron chi connectivity index (χ1n) is 6.45. The largest absolute Gasteiger partial charge is 0.389 e. The van der Waals surface area contributed by atoms with Gasteiger partial charge in [0.25, 0.3) is 0 Å². The highest BCUT2D eigenvalue weighted by atomic mass is 19.1. The molecule has 3 nitrogen and oxygen atoms in total. The van der Waals surface area contributed by atoms with Crippen molar-refractivity contribution < 1.29 is 14.0 Å². The minimum atomic E-state index is -1.82. The number of amides is 1. The van der Waals surface area contributed by atoms with Crippen molar-refractivity contribution in [1.29, 1.82) is 0 Å². The van der Waals surface area contributed by atoms with E-state index in [9.17, 15) is 14.0 Å². The second kappa shape index (κ2) is 4.39. The van der Waals surface area contributed by atoms with Crippen molar-refractivity contribution in [2.24, 2.45) is 17.3 Å². The molecule has 0 aromatic heterocycles. The second-order valence-electron chi connectivity index (χ2n) is 5.86. The van der Waals surface area contributed by atoms with Gasteiger partial charge in [0.15, 0.2) is 0 Å². The Bertz CT molecular complexity index is 342. The lowest BCUT2D eigenvalue weighted by Crippen LogP contribution is -2.56. The molecule has 1 aliphatic heterocycles. The third-order valence-electron chi connectivity index (χ3n) is 4.61. The van der Waals surface area contributed by atoms with Crippen LogP contribution in [-0.4, -0.2) is 29.9 Å².